The Hall–Kier alpha value is -3.09. The summed E-state index contributed by atoms with van der Waals surface area (Å²) in [4.78, 5) is 22.6. The van der Waals surface area contributed by atoms with Gasteiger partial charge < -0.3 is 14.2 Å². The van der Waals surface area contributed by atoms with E-state index in [-0.39, 0.29) is 17.0 Å². The van der Waals surface area contributed by atoms with Gasteiger partial charge in [-0.1, -0.05) is 6.07 Å². The molecule has 0 radical (unpaired) electrons. The molecule has 0 aliphatic heterocycles. The molecule has 0 atom stereocenters. The van der Waals surface area contributed by atoms with E-state index in [4.69, 9.17) is 14.2 Å². The fourth-order valence-electron chi connectivity index (χ4n) is 1.96. The van der Waals surface area contributed by atoms with Crippen LogP contribution in [-0.4, -0.2) is 25.1 Å². The number of nitro benzene ring substituents is 1. The van der Waals surface area contributed by atoms with Crippen LogP contribution < -0.4 is 14.2 Å². The number of esters is 1. The normalized spacial score (nSPS) is 10.0. The quantitative estimate of drug-likeness (QED) is 0.364. The maximum atomic E-state index is 12.2. The van der Waals surface area contributed by atoms with Gasteiger partial charge in [0, 0.05) is 0 Å². The number of rotatable bonds is 5. The molecule has 0 saturated heterocycles. The minimum Gasteiger partial charge on any atom is -0.496 e. The van der Waals surface area contributed by atoms with Crippen LogP contribution in [0.15, 0.2) is 36.4 Å². The Labute approximate surface area is 132 Å². The lowest BCUT2D eigenvalue weighted by Crippen LogP contribution is -2.10. The Kier molecular flexibility index (Phi) is 4.80. The summed E-state index contributed by atoms with van der Waals surface area (Å²) in [6.45, 7) is 1.84. The van der Waals surface area contributed by atoms with Gasteiger partial charge in [-0.2, -0.15) is 0 Å². The molecule has 0 saturated carbocycles. The van der Waals surface area contributed by atoms with E-state index < -0.39 is 10.9 Å². The van der Waals surface area contributed by atoms with Crippen LogP contribution >= 0.6 is 0 Å². The maximum absolute atomic E-state index is 12.2. The molecular formula is C16H15NO6. The highest BCUT2D eigenvalue weighted by Crippen LogP contribution is 2.32. The number of methoxy groups -OCH3 is 2. The fourth-order valence-corrected chi connectivity index (χ4v) is 1.96. The van der Waals surface area contributed by atoms with Crippen molar-refractivity contribution in [3.05, 3.63) is 57.6 Å². The van der Waals surface area contributed by atoms with Gasteiger partial charge in [-0.15, -0.1) is 0 Å². The topological polar surface area (TPSA) is 87.9 Å². The van der Waals surface area contributed by atoms with E-state index in [1.165, 1.54) is 38.5 Å². The molecule has 0 fully saturated rings. The lowest BCUT2D eigenvalue weighted by molar-refractivity contribution is -0.385. The second-order valence-corrected chi connectivity index (χ2v) is 4.66. The number of carbonyl (C=O) groups excluding carboxylic acids is 1. The molecule has 0 unspecified atom stereocenters. The molecule has 0 heterocycles. The Morgan fingerprint density at radius 2 is 1.78 bits per heavy atom. The zero-order chi connectivity index (χ0) is 17.0. The van der Waals surface area contributed by atoms with Crippen LogP contribution in [0.25, 0.3) is 0 Å². The second kappa shape index (κ2) is 6.78. The second-order valence-electron chi connectivity index (χ2n) is 4.66. The summed E-state index contributed by atoms with van der Waals surface area (Å²) in [6, 6.07) is 8.78. The summed E-state index contributed by atoms with van der Waals surface area (Å²) in [7, 11) is 2.88. The molecule has 0 N–H and O–H groups in total. The summed E-state index contributed by atoms with van der Waals surface area (Å²) in [5, 5.41) is 11.1. The molecule has 7 nitrogen and oxygen atoms in total. The number of nitrogens with zero attached hydrogens (tertiary/aromatic N) is 1. The first-order chi connectivity index (χ1) is 11.0. The maximum Gasteiger partial charge on any atom is 0.343 e. The summed E-state index contributed by atoms with van der Waals surface area (Å²) < 4.78 is 15.2. The van der Waals surface area contributed by atoms with Crippen LogP contribution in [0.4, 0.5) is 5.69 Å². The molecule has 0 aromatic heterocycles. The van der Waals surface area contributed by atoms with Crippen LogP contribution in [0.3, 0.4) is 0 Å². The molecule has 0 bridgehead atoms. The molecular weight excluding hydrogens is 302 g/mol. The lowest BCUT2D eigenvalue weighted by Gasteiger charge is -2.09. The van der Waals surface area contributed by atoms with Crippen molar-refractivity contribution in [2.24, 2.45) is 0 Å². The molecule has 2 rings (SSSR count). The molecule has 2 aromatic carbocycles. The number of aryl methyl sites for hydroxylation is 1. The highest BCUT2D eigenvalue weighted by Gasteiger charge is 2.20. The zero-order valence-electron chi connectivity index (χ0n) is 12.9. The highest BCUT2D eigenvalue weighted by atomic mass is 16.6. The summed E-state index contributed by atoms with van der Waals surface area (Å²) in [6.07, 6.45) is 0. The van der Waals surface area contributed by atoms with Crippen molar-refractivity contribution >= 4 is 11.7 Å². The first-order valence-electron chi connectivity index (χ1n) is 6.65. The third kappa shape index (κ3) is 3.57. The number of hydrogen-bond donors (Lipinski definition) is 0. The van der Waals surface area contributed by atoms with Gasteiger partial charge in [-0.3, -0.25) is 10.1 Å². The van der Waals surface area contributed by atoms with Gasteiger partial charge in [0.05, 0.1) is 30.8 Å². The van der Waals surface area contributed by atoms with Crippen molar-refractivity contribution in [2.75, 3.05) is 14.2 Å². The standard InChI is InChI=1S/C16H15NO6/c1-10-4-5-11(8-15(10)22-3)16(18)23-14-7-6-12(21-2)9-13(14)17(19)20/h4-9H,1-3H3. The molecule has 120 valence electrons. The zero-order valence-corrected chi connectivity index (χ0v) is 12.9. The lowest BCUT2D eigenvalue weighted by atomic mass is 10.1. The first-order valence-corrected chi connectivity index (χ1v) is 6.65. The monoisotopic (exact) mass is 317 g/mol. The van der Waals surface area contributed by atoms with Gasteiger partial charge in [0.15, 0.2) is 0 Å². The predicted molar refractivity (Wildman–Crippen MR) is 82.3 cm³/mol. The van der Waals surface area contributed by atoms with Gasteiger partial charge in [0.2, 0.25) is 5.75 Å². The number of hydrogen-bond acceptors (Lipinski definition) is 6. The van der Waals surface area contributed by atoms with Gasteiger partial charge in [-0.25, -0.2) is 4.79 Å². The number of nitro groups is 1. The third-order valence-electron chi connectivity index (χ3n) is 3.21. The van der Waals surface area contributed by atoms with Crippen molar-refractivity contribution < 1.29 is 23.9 Å². The van der Waals surface area contributed by atoms with E-state index in [1.807, 2.05) is 6.92 Å². The summed E-state index contributed by atoms with van der Waals surface area (Å²) in [5.41, 5.74) is 0.744. The van der Waals surface area contributed by atoms with Crippen LogP contribution in [0.2, 0.25) is 0 Å². The summed E-state index contributed by atoms with van der Waals surface area (Å²) >= 11 is 0. The van der Waals surface area contributed by atoms with Crippen molar-refractivity contribution in [3.8, 4) is 17.2 Å². The van der Waals surface area contributed by atoms with Gasteiger partial charge in [-0.05, 0) is 36.8 Å². The van der Waals surface area contributed by atoms with E-state index in [0.29, 0.717) is 11.5 Å². The Morgan fingerprint density at radius 3 is 2.39 bits per heavy atom. The van der Waals surface area contributed by atoms with Gasteiger partial charge >= 0.3 is 11.7 Å². The minimum atomic E-state index is -0.712. The predicted octanol–water partition coefficient (Wildman–Crippen LogP) is 3.14. The minimum absolute atomic E-state index is 0.152. The van der Waals surface area contributed by atoms with Gasteiger partial charge in [0.1, 0.15) is 11.5 Å². The number of benzene rings is 2. The van der Waals surface area contributed by atoms with Crippen molar-refractivity contribution in [1.29, 1.82) is 0 Å². The highest BCUT2D eigenvalue weighted by molar-refractivity contribution is 5.92. The van der Waals surface area contributed by atoms with E-state index >= 15 is 0 Å². The molecule has 0 aliphatic carbocycles. The van der Waals surface area contributed by atoms with Crippen LogP contribution in [-0.2, 0) is 0 Å². The van der Waals surface area contributed by atoms with Crippen LogP contribution in [0.1, 0.15) is 15.9 Å². The fraction of sp³-hybridized carbons (Fsp3) is 0.188. The Morgan fingerprint density at radius 1 is 1.04 bits per heavy atom. The van der Waals surface area contributed by atoms with E-state index in [9.17, 15) is 14.9 Å². The van der Waals surface area contributed by atoms with Crippen molar-refractivity contribution in [3.63, 3.8) is 0 Å². The Balaban J connectivity index is 2.31. The first kappa shape index (κ1) is 16.3. The SMILES string of the molecule is COc1ccc(OC(=O)c2ccc(C)c(OC)c2)c([N+](=O)[O-])c1. The van der Waals surface area contributed by atoms with E-state index in [0.717, 1.165) is 5.56 Å². The molecule has 2 aromatic rings. The van der Waals surface area contributed by atoms with Gasteiger partial charge in [0.25, 0.3) is 0 Å². The van der Waals surface area contributed by atoms with Crippen LogP contribution in [0.5, 0.6) is 17.2 Å². The average molecular weight is 317 g/mol. The Bertz CT molecular complexity index is 756. The third-order valence-corrected chi connectivity index (χ3v) is 3.21. The average Bonchev–Trinajstić information content (AvgIpc) is 2.55. The molecule has 23 heavy (non-hydrogen) atoms. The molecule has 0 amide bonds. The van der Waals surface area contributed by atoms with Crippen molar-refractivity contribution in [1.82, 2.24) is 0 Å². The molecule has 7 heteroatoms. The molecule has 0 spiro atoms. The molecule has 0 aliphatic rings. The largest absolute Gasteiger partial charge is 0.496 e. The number of ether oxygens (including phenoxy) is 3. The van der Waals surface area contributed by atoms with Crippen LogP contribution in [0, 0.1) is 17.0 Å². The summed E-state index contributed by atoms with van der Waals surface area (Å²) in [5.74, 6) is -0.0332. The van der Waals surface area contributed by atoms with E-state index in [2.05, 4.69) is 0 Å². The van der Waals surface area contributed by atoms with E-state index in [1.54, 1.807) is 12.1 Å². The van der Waals surface area contributed by atoms with Crippen molar-refractivity contribution in [2.45, 2.75) is 6.92 Å². The number of carbonyl (C=O) groups is 1. The smallest absolute Gasteiger partial charge is 0.343 e.